The molecule has 1 heterocycles. The van der Waals surface area contributed by atoms with Gasteiger partial charge in [-0.3, -0.25) is 9.59 Å². The van der Waals surface area contributed by atoms with Gasteiger partial charge < -0.3 is 14.2 Å². The van der Waals surface area contributed by atoms with Crippen molar-refractivity contribution >= 4 is 11.9 Å². The van der Waals surface area contributed by atoms with Crippen molar-refractivity contribution in [2.75, 3.05) is 0 Å². The molecule has 0 aromatic rings. The number of allylic oxidation sites excluding steroid dienone is 2. The molecule has 0 amide bonds. The van der Waals surface area contributed by atoms with Crippen molar-refractivity contribution in [2.24, 2.45) is 22.7 Å². The largest absolute Gasteiger partial charge is 0.435 e. The highest BCUT2D eigenvalue weighted by molar-refractivity contribution is 5.66. The lowest BCUT2D eigenvalue weighted by Gasteiger charge is -2.46. The molecule has 0 aromatic heterocycles. The van der Waals surface area contributed by atoms with E-state index in [9.17, 15) is 9.59 Å². The second kappa shape index (κ2) is 6.99. The lowest BCUT2D eigenvalue weighted by atomic mass is 9.59. The molecule has 0 aromatic carbocycles. The standard InChI is InChI=1S/C21H32O5/c1-13(22)24-18-16-8-7-15(11-17(16)19(26-18)25-14(2)23)21(5)10-6-9-20(3,4)12-21/h7,16-19H,6,8-12H2,1-5H3/t16-,17+,18-,19+,21+/m1/s1. The summed E-state index contributed by atoms with van der Waals surface area (Å²) < 4.78 is 16.6. The maximum Gasteiger partial charge on any atom is 0.304 e. The molecule has 3 rings (SSSR count). The average molecular weight is 364 g/mol. The summed E-state index contributed by atoms with van der Waals surface area (Å²) in [5, 5.41) is 0. The monoisotopic (exact) mass is 364 g/mol. The molecule has 2 fully saturated rings. The molecule has 5 nitrogen and oxygen atoms in total. The van der Waals surface area contributed by atoms with Gasteiger partial charge in [-0.15, -0.1) is 0 Å². The van der Waals surface area contributed by atoms with Crippen LogP contribution in [0.1, 0.15) is 73.1 Å². The van der Waals surface area contributed by atoms with Gasteiger partial charge in [-0.1, -0.05) is 38.8 Å². The zero-order chi connectivity index (χ0) is 19.1. The van der Waals surface area contributed by atoms with Gasteiger partial charge in [0.2, 0.25) is 12.6 Å². The Bertz CT molecular complexity index is 608. The van der Waals surface area contributed by atoms with Crippen molar-refractivity contribution in [1.29, 1.82) is 0 Å². The highest BCUT2D eigenvalue weighted by Crippen LogP contribution is 2.55. The van der Waals surface area contributed by atoms with Gasteiger partial charge in [-0.25, -0.2) is 0 Å². The van der Waals surface area contributed by atoms with Crippen LogP contribution < -0.4 is 0 Å². The van der Waals surface area contributed by atoms with Crippen molar-refractivity contribution in [3.8, 4) is 0 Å². The number of hydrogen-bond acceptors (Lipinski definition) is 5. The molecule has 3 aliphatic rings. The zero-order valence-electron chi connectivity index (χ0n) is 16.7. The minimum atomic E-state index is -0.634. The summed E-state index contributed by atoms with van der Waals surface area (Å²) in [6.45, 7) is 9.86. The number of hydrogen-bond donors (Lipinski definition) is 0. The van der Waals surface area contributed by atoms with Crippen LogP contribution >= 0.6 is 0 Å². The SMILES string of the molecule is CC(=O)O[C@H]1O[C@@H](OC(C)=O)[C@@H]2CC=C([C@@]3(C)CCCC(C)(C)C3)C[C@H]12. The predicted octanol–water partition coefficient (Wildman–Crippen LogP) is 4.35. The lowest BCUT2D eigenvalue weighted by Crippen LogP contribution is -2.37. The summed E-state index contributed by atoms with van der Waals surface area (Å²) in [5.41, 5.74) is 2.00. The maximum absolute atomic E-state index is 11.5. The summed E-state index contributed by atoms with van der Waals surface area (Å²) in [5.74, 6) is -0.636. The van der Waals surface area contributed by atoms with Crippen LogP contribution in [0.25, 0.3) is 0 Å². The fraction of sp³-hybridized carbons (Fsp3) is 0.810. The second-order valence-electron chi connectivity index (χ2n) is 9.34. The Morgan fingerprint density at radius 3 is 2.23 bits per heavy atom. The molecule has 1 saturated heterocycles. The number of rotatable bonds is 3. The van der Waals surface area contributed by atoms with Crippen molar-refractivity contribution < 1.29 is 23.8 Å². The molecule has 0 radical (unpaired) electrons. The first-order valence-corrected chi connectivity index (χ1v) is 9.79. The molecular weight excluding hydrogens is 332 g/mol. The van der Waals surface area contributed by atoms with Crippen molar-refractivity contribution in [3.05, 3.63) is 11.6 Å². The third kappa shape index (κ3) is 3.98. The summed E-state index contributed by atoms with van der Waals surface area (Å²) >= 11 is 0. The van der Waals surface area contributed by atoms with Crippen molar-refractivity contribution in [1.82, 2.24) is 0 Å². The maximum atomic E-state index is 11.5. The van der Waals surface area contributed by atoms with Gasteiger partial charge in [-0.2, -0.15) is 0 Å². The van der Waals surface area contributed by atoms with Gasteiger partial charge in [0, 0.05) is 25.7 Å². The molecule has 0 spiro atoms. The average Bonchev–Trinajstić information content (AvgIpc) is 2.82. The van der Waals surface area contributed by atoms with Gasteiger partial charge in [0.05, 0.1) is 0 Å². The van der Waals surface area contributed by atoms with Gasteiger partial charge >= 0.3 is 11.9 Å². The van der Waals surface area contributed by atoms with E-state index in [4.69, 9.17) is 14.2 Å². The Labute approximate surface area is 156 Å². The Kier molecular flexibility index (Phi) is 5.22. The van der Waals surface area contributed by atoms with Crippen LogP contribution in [0, 0.1) is 22.7 Å². The third-order valence-electron chi connectivity index (χ3n) is 6.40. The third-order valence-corrected chi connectivity index (χ3v) is 6.40. The molecule has 5 heteroatoms. The zero-order valence-corrected chi connectivity index (χ0v) is 16.7. The number of carbonyl (C=O) groups excluding carboxylic acids is 2. The van der Waals surface area contributed by atoms with Crippen molar-refractivity contribution in [3.63, 3.8) is 0 Å². The van der Waals surface area contributed by atoms with Gasteiger partial charge in [-0.05, 0) is 42.9 Å². The van der Waals surface area contributed by atoms with Gasteiger partial charge in [0.15, 0.2) is 0 Å². The van der Waals surface area contributed by atoms with Gasteiger partial charge in [0.25, 0.3) is 0 Å². The minimum absolute atomic E-state index is 0.0464. The van der Waals surface area contributed by atoms with E-state index in [2.05, 4.69) is 26.8 Å². The van der Waals surface area contributed by atoms with E-state index in [1.807, 2.05) is 0 Å². The molecule has 146 valence electrons. The number of fused-ring (bicyclic) bond motifs is 1. The summed E-state index contributed by atoms with van der Waals surface area (Å²) in [4.78, 5) is 22.9. The van der Waals surface area contributed by atoms with E-state index in [0.29, 0.717) is 5.41 Å². The molecule has 5 atom stereocenters. The normalized spacial score (nSPS) is 38.9. The topological polar surface area (TPSA) is 61.8 Å². The van der Waals surface area contributed by atoms with Crippen LogP contribution in [0.3, 0.4) is 0 Å². The Morgan fingerprint density at radius 2 is 1.65 bits per heavy atom. The first-order chi connectivity index (χ1) is 12.1. The summed E-state index contributed by atoms with van der Waals surface area (Å²) in [6, 6.07) is 0. The molecule has 1 aliphatic heterocycles. The second-order valence-corrected chi connectivity index (χ2v) is 9.34. The quantitative estimate of drug-likeness (QED) is 0.550. The van der Waals surface area contributed by atoms with Crippen LogP contribution in [0.15, 0.2) is 11.6 Å². The van der Waals surface area contributed by atoms with E-state index >= 15 is 0 Å². The van der Waals surface area contributed by atoms with E-state index in [0.717, 1.165) is 12.8 Å². The smallest absolute Gasteiger partial charge is 0.304 e. The Balaban J connectivity index is 1.81. The van der Waals surface area contributed by atoms with Crippen LogP contribution in [0.2, 0.25) is 0 Å². The van der Waals surface area contributed by atoms with Crippen LogP contribution in [-0.4, -0.2) is 24.5 Å². The van der Waals surface area contributed by atoms with E-state index in [1.165, 1.54) is 45.1 Å². The highest BCUT2D eigenvalue weighted by Gasteiger charge is 2.51. The molecule has 0 bridgehead atoms. The fourth-order valence-corrected chi connectivity index (χ4v) is 5.40. The van der Waals surface area contributed by atoms with E-state index < -0.39 is 12.6 Å². The minimum Gasteiger partial charge on any atom is -0.435 e. The first kappa shape index (κ1) is 19.4. The molecule has 26 heavy (non-hydrogen) atoms. The molecular formula is C21H32O5. The highest BCUT2D eigenvalue weighted by atomic mass is 16.8. The van der Waals surface area contributed by atoms with Crippen LogP contribution in [0.5, 0.6) is 0 Å². The fourth-order valence-electron chi connectivity index (χ4n) is 5.40. The Hall–Kier alpha value is -1.36. The number of esters is 2. The molecule has 1 saturated carbocycles. The van der Waals surface area contributed by atoms with Crippen LogP contribution in [-0.2, 0) is 23.8 Å². The summed E-state index contributed by atoms with van der Waals surface area (Å²) in [6.07, 6.45) is 7.60. The first-order valence-electron chi connectivity index (χ1n) is 9.79. The van der Waals surface area contributed by atoms with E-state index in [1.54, 1.807) is 0 Å². The predicted molar refractivity (Wildman–Crippen MR) is 96.8 cm³/mol. The van der Waals surface area contributed by atoms with E-state index in [-0.39, 0.29) is 29.2 Å². The Morgan fingerprint density at radius 1 is 1.04 bits per heavy atom. The molecule has 0 unspecified atom stereocenters. The van der Waals surface area contributed by atoms with Gasteiger partial charge in [0.1, 0.15) is 0 Å². The summed E-state index contributed by atoms with van der Waals surface area (Å²) in [7, 11) is 0. The molecule has 2 aliphatic carbocycles. The lowest BCUT2D eigenvalue weighted by molar-refractivity contribution is -0.214. The number of ether oxygens (including phenoxy) is 3. The molecule has 0 N–H and O–H groups in total. The van der Waals surface area contributed by atoms with Crippen molar-refractivity contribution in [2.45, 2.75) is 85.7 Å². The number of carbonyl (C=O) groups is 2. The van der Waals surface area contributed by atoms with Crippen LogP contribution in [0.4, 0.5) is 0 Å².